The molecule has 2 heteroatoms. The highest BCUT2D eigenvalue weighted by Gasteiger charge is 2.57. The summed E-state index contributed by atoms with van der Waals surface area (Å²) in [6.45, 7) is 7.56. The van der Waals surface area contributed by atoms with Crippen molar-refractivity contribution in [3.05, 3.63) is 35.9 Å². The summed E-state index contributed by atoms with van der Waals surface area (Å²) in [6.07, 6.45) is 2.95. The molecule has 1 aliphatic heterocycles. The van der Waals surface area contributed by atoms with Gasteiger partial charge in [-0.1, -0.05) is 37.3 Å². The fraction of sp³-hybridized carbons (Fsp3) is 0.647. The Bertz CT molecular complexity index is 419. The predicted octanol–water partition coefficient (Wildman–Crippen LogP) is 3.19. The quantitative estimate of drug-likeness (QED) is 0.877. The summed E-state index contributed by atoms with van der Waals surface area (Å²) >= 11 is 0. The number of rotatable bonds is 5. The zero-order chi connectivity index (χ0) is 13.3. The van der Waals surface area contributed by atoms with Gasteiger partial charge in [-0.05, 0) is 43.7 Å². The van der Waals surface area contributed by atoms with Gasteiger partial charge in [0.15, 0.2) is 0 Å². The van der Waals surface area contributed by atoms with Crippen LogP contribution in [0.1, 0.15) is 38.2 Å². The predicted molar refractivity (Wildman–Crippen MR) is 78.3 cm³/mol. The minimum absolute atomic E-state index is 0.358. The van der Waals surface area contributed by atoms with E-state index >= 15 is 0 Å². The van der Waals surface area contributed by atoms with E-state index in [1.165, 1.54) is 18.4 Å². The van der Waals surface area contributed by atoms with E-state index < -0.39 is 0 Å². The van der Waals surface area contributed by atoms with Crippen molar-refractivity contribution in [3.8, 4) is 0 Å². The van der Waals surface area contributed by atoms with Crippen molar-refractivity contribution in [2.24, 2.45) is 11.3 Å². The molecule has 1 saturated carbocycles. The van der Waals surface area contributed by atoms with Gasteiger partial charge in [0.2, 0.25) is 0 Å². The van der Waals surface area contributed by atoms with Gasteiger partial charge in [-0.3, -0.25) is 0 Å². The lowest BCUT2D eigenvalue weighted by Crippen LogP contribution is -2.41. The number of benzene rings is 1. The summed E-state index contributed by atoms with van der Waals surface area (Å²) in [4.78, 5) is 0. The number of nitrogens with one attached hydrogen (secondary N) is 1. The Morgan fingerprint density at radius 3 is 2.74 bits per heavy atom. The van der Waals surface area contributed by atoms with Gasteiger partial charge in [0, 0.05) is 18.6 Å². The fourth-order valence-electron chi connectivity index (χ4n) is 3.90. The van der Waals surface area contributed by atoms with Crippen LogP contribution in [-0.2, 0) is 4.74 Å². The van der Waals surface area contributed by atoms with E-state index in [4.69, 9.17) is 4.74 Å². The van der Waals surface area contributed by atoms with Crippen molar-refractivity contribution in [2.75, 3.05) is 19.7 Å². The third-order valence-corrected chi connectivity index (χ3v) is 5.21. The molecule has 0 spiro atoms. The third-order valence-electron chi connectivity index (χ3n) is 5.21. The first-order valence-electron chi connectivity index (χ1n) is 7.65. The lowest BCUT2D eigenvalue weighted by Gasteiger charge is -2.33. The van der Waals surface area contributed by atoms with Crippen LogP contribution in [0.2, 0.25) is 0 Å². The molecule has 19 heavy (non-hydrogen) atoms. The van der Waals surface area contributed by atoms with Gasteiger partial charge in [-0.15, -0.1) is 0 Å². The molecule has 2 nitrogen and oxygen atoms in total. The van der Waals surface area contributed by atoms with Crippen LogP contribution < -0.4 is 5.32 Å². The Morgan fingerprint density at radius 1 is 1.32 bits per heavy atom. The molecule has 0 bridgehead atoms. The van der Waals surface area contributed by atoms with Gasteiger partial charge in [-0.25, -0.2) is 0 Å². The van der Waals surface area contributed by atoms with Crippen LogP contribution in [-0.4, -0.2) is 25.8 Å². The first kappa shape index (κ1) is 13.1. The van der Waals surface area contributed by atoms with E-state index in [9.17, 15) is 0 Å². The zero-order valence-electron chi connectivity index (χ0n) is 12.1. The second-order valence-electron chi connectivity index (χ2n) is 6.14. The van der Waals surface area contributed by atoms with Gasteiger partial charge >= 0.3 is 0 Å². The Labute approximate surface area is 116 Å². The Kier molecular flexibility index (Phi) is 3.64. The average Bonchev–Trinajstić information content (AvgIpc) is 3.17. The summed E-state index contributed by atoms with van der Waals surface area (Å²) < 4.78 is 5.91. The minimum atomic E-state index is 0.358. The summed E-state index contributed by atoms with van der Waals surface area (Å²) in [6, 6.07) is 11.0. The maximum Gasteiger partial charge on any atom is 0.0619 e. The molecule has 2 fully saturated rings. The molecule has 0 aromatic heterocycles. The third kappa shape index (κ3) is 2.32. The largest absolute Gasteiger partial charge is 0.378 e. The summed E-state index contributed by atoms with van der Waals surface area (Å²) in [5.74, 6) is 1.55. The molecule has 104 valence electrons. The van der Waals surface area contributed by atoms with Crippen LogP contribution >= 0.6 is 0 Å². The highest BCUT2D eigenvalue weighted by Crippen LogP contribution is 2.61. The fourth-order valence-corrected chi connectivity index (χ4v) is 3.90. The maximum absolute atomic E-state index is 5.91. The molecule has 1 N–H and O–H groups in total. The summed E-state index contributed by atoms with van der Waals surface area (Å²) in [5.41, 5.74) is 1.87. The smallest absolute Gasteiger partial charge is 0.0619 e. The Morgan fingerprint density at radius 2 is 2.11 bits per heavy atom. The van der Waals surface area contributed by atoms with E-state index in [0.29, 0.717) is 11.5 Å². The van der Waals surface area contributed by atoms with Gasteiger partial charge < -0.3 is 10.1 Å². The molecule has 1 aromatic rings. The van der Waals surface area contributed by atoms with E-state index in [1.54, 1.807) is 0 Å². The minimum Gasteiger partial charge on any atom is -0.378 e. The molecule has 2 aliphatic rings. The molecule has 0 amide bonds. The standard InChI is InChI=1S/C17H25NO/c1-3-18-12-17(9-10-19-13(17)2)16-11-15(16)14-7-5-4-6-8-14/h4-8,13,15-16,18H,3,9-12H2,1-2H3. The van der Waals surface area contributed by atoms with Gasteiger partial charge in [0.1, 0.15) is 0 Å². The topological polar surface area (TPSA) is 21.3 Å². The van der Waals surface area contributed by atoms with E-state index in [2.05, 4.69) is 49.5 Å². The molecule has 0 radical (unpaired) electrons. The molecule has 1 aromatic carbocycles. The highest BCUT2D eigenvalue weighted by molar-refractivity contribution is 5.28. The molecule has 4 unspecified atom stereocenters. The van der Waals surface area contributed by atoms with Gasteiger partial charge in [0.05, 0.1) is 6.10 Å². The lowest BCUT2D eigenvalue weighted by molar-refractivity contribution is 0.0503. The Hall–Kier alpha value is -0.860. The molecule has 1 aliphatic carbocycles. The van der Waals surface area contributed by atoms with Crippen molar-refractivity contribution in [1.29, 1.82) is 0 Å². The van der Waals surface area contributed by atoms with Crippen molar-refractivity contribution in [1.82, 2.24) is 5.32 Å². The van der Waals surface area contributed by atoms with Crippen LogP contribution in [0, 0.1) is 11.3 Å². The van der Waals surface area contributed by atoms with Crippen molar-refractivity contribution < 1.29 is 4.74 Å². The van der Waals surface area contributed by atoms with Gasteiger partial charge in [0.25, 0.3) is 0 Å². The first-order chi connectivity index (χ1) is 9.28. The Balaban J connectivity index is 1.76. The lowest BCUT2D eigenvalue weighted by atomic mass is 9.75. The van der Waals surface area contributed by atoms with Crippen molar-refractivity contribution >= 4 is 0 Å². The zero-order valence-corrected chi connectivity index (χ0v) is 12.1. The monoisotopic (exact) mass is 259 g/mol. The maximum atomic E-state index is 5.91. The number of ether oxygens (including phenoxy) is 1. The van der Waals surface area contributed by atoms with Crippen molar-refractivity contribution in [2.45, 2.75) is 38.7 Å². The number of hydrogen-bond donors (Lipinski definition) is 1. The number of hydrogen-bond acceptors (Lipinski definition) is 2. The van der Waals surface area contributed by atoms with Crippen LogP contribution in [0.5, 0.6) is 0 Å². The SMILES string of the molecule is CCNCC1(C2CC2c2ccccc2)CCOC1C. The van der Waals surface area contributed by atoms with Gasteiger partial charge in [-0.2, -0.15) is 0 Å². The van der Waals surface area contributed by atoms with E-state index in [-0.39, 0.29) is 0 Å². The average molecular weight is 259 g/mol. The normalized spacial score (nSPS) is 37.5. The van der Waals surface area contributed by atoms with E-state index in [0.717, 1.165) is 31.5 Å². The van der Waals surface area contributed by atoms with Crippen LogP contribution in [0.3, 0.4) is 0 Å². The first-order valence-corrected chi connectivity index (χ1v) is 7.65. The molecule has 1 heterocycles. The second-order valence-corrected chi connectivity index (χ2v) is 6.14. The molecular weight excluding hydrogens is 234 g/mol. The molecule has 3 rings (SSSR count). The summed E-state index contributed by atoms with van der Waals surface area (Å²) in [5, 5.41) is 3.57. The molecule has 4 atom stereocenters. The summed E-state index contributed by atoms with van der Waals surface area (Å²) in [7, 11) is 0. The van der Waals surface area contributed by atoms with Crippen LogP contribution in [0.15, 0.2) is 30.3 Å². The second kappa shape index (κ2) is 5.26. The van der Waals surface area contributed by atoms with Crippen LogP contribution in [0.4, 0.5) is 0 Å². The van der Waals surface area contributed by atoms with Crippen LogP contribution in [0.25, 0.3) is 0 Å². The van der Waals surface area contributed by atoms with E-state index in [1.807, 2.05) is 0 Å². The molecule has 1 saturated heterocycles. The van der Waals surface area contributed by atoms with Crippen molar-refractivity contribution in [3.63, 3.8) is 0 Å². The molecular formula is C17H25NO. The highest BCUT2D eigenvalue weighted by atomic mass is 16.5.